The van der Waals surface area contributed by atoms with Crippen molar-refractivity contribution in [3.05, 3.63) is 22.7 Å². The first kappa shape index (κ1) is 9.90. The number of hydrogen-bond donors (Lipinski definition) is 1. The Bertz CT molecular complexity index is 524. The minimum absolute atomic E-state index is 1.03. The Kier molecular flexibility index (Phi) is 2.24. The molecule has 2 aromatic rings. The van der Waals surface area contributed by atoms with Crippen LogP contribution in [0.2, 0.25) is 0 Å². The van der Waals surface area contributed by atoms with Gasteiger partial charge in [0.15, 0.2) is 0 Å². The lowest BCUT2D eigenvalue weighted by molar-refractivity contribution is 0.615. The summed E-state index contributed by atoms with van der Waals surface area (Å²) >= 11 is 1.78. The second kappa shape index (κ2) is 3.63. The van der Waals surface area contributed by atoms with E-state index in [9.17, 15) is 0 Å². The van der Waals surface area contributed by atoms with Crippen molar-refractivity contribution in [2.24, 2.45) is 0 Å². The first-order chi connectivity index (χ1) is 7.77. The number of aromatic nitrogens is 2. The van der Waals surface area contributed by atoms with Crippen molar-refractivity contribution in [2.75, 3.05) is 11.9 Å². The quantitative estimate of drug-likeness (QED) is 0.820. The molecule has 0 bridgehead atoms. The van der Waals surface area contributed by atoms with E-state index in [2.05, 4.69) is 35.2 Å². The van der Waals surface area contributed by atoms with Crippen molar-refractivity contribution in [1.82, 2.24) is 9.55 Å². The molecule has 84 valence electrons. The Morgan fingerprint density at radius 1 is 1.44 bits per heavy atom. The summed E-state index contributed by atoms with van der Waals surface area (Å²) in [6, 6.07) is 2.16. The maximum atomic E-state index is 4.72. The van der Waals surface area contributed by atoms with E-state index in [0.29, 0.717) is 0 Å². The lowest BCUT2D eigenvalue weighted by atomic mass is 10.2. The summed E-state index contributed by atoms with van der Waals surface area (Å²) in [5, 5.41) is 5.50. The van der Waals surface area contributed by atoms with Crippen LogP contribution >= 0.6 is 11.3 Å². The minimum atomic E-state index is 1.03. The van der Waals surface area contributed by atoms with Crippen molar-refractivity contribution >= 4 is 17.3 Å². The predicted octanol–water partition coefficient (Wildman–Crippen LogP) is 3.04. The van der Waals surface area contributed by atoms with Gasteiger partial charge in [0.05, 0.1) is 4.88 Å². The molecule has 0 saturated carbocycles. The average molecular weight is 233 g/mol. The van der Waals surface area contributed by atoms with E-state index < -0.39 is 0 Å². The Morgan fingerprint density at radius 3 is 3.00 bits per heavy atom. The fourth-order valence-corrected chi connectivity index (χ4v) is 3.18. The Balaban J connectivity index is 2.15. The summed E-state index contributed by atoms with van der Waals surface area (Å²) < 4.78 is 2.29. The minimum Gasteiger partial charge on any atom is -0.356 e. The SMILES string of the molecule is Cc1ccsc1-c1nc2n(c1C)CCCN2. The van der Waals surface area contributed by atoms with Crippen LogP contribution < -0.4 is 5.32 Å². The molecule has 0 amide bonds. The van der Waals surface area contributed by atoms with Crippen LogP contribution in [0.25, 0.3) is 10.6 Å². The molecule has 3 heterocycles. The van der Waals surface area contributed by atoms with Crippen LogP contribution in [0, 0.1) is 13.8 Å². The van der Waals surface area contributed by atoms with Crippen LogP contribution in [-0.4, -0.2) is 16.1 Å². The van der Waals surface area contributed by atoms with Gasteiger partial charge in [-0.2, -0.15) is 0 Å². The molecule has 1 aliphatic heterocycles. The van der Waals surface area contributed by atoms with Gasteiger partial charge in [0, 0.05) is 18.8 Å². The van der Waals surface area contributed by atoms with Gasteiger partial charge < -0.3 is 9.88 Å². The molecule has 4 heteroatoms. The normalized spacial score (nSPS) is 14.6. The molecule has 0 saturated heterocycles. The second-order valence-corrected chi connectivity index (χ2v) is 5.15. The summed E-state index contributed by atoms with van der Waals surface area (Å²) in [4.78, 5) is 6.02. The first-order valence-electron chi connectivity index (χ1n) is 5.63. The van der Waals surface area contributed by atoms with E-state index >= 15 is 0 Å². The number of hydrogen-bond acceptors (Lipinski definition) is 3. The third-order valence-corrected chi connectivity index (χ3v) is 4.16. The van der Waals surface area contributed by atoms with Gasteiger partial charge in [-0.15, -0.1) is 11.3 Å². The van der Waals surface area contributed by atoms with Gasteiger partial charge >= 0.3 is 0 Å². The maximum absolute atomic E-state index is 4.72. The summed E-state index contributed by atoms with van der Waals surface area (Å²) in [5.41, 5.74) is 3.76. The number of imidazole rings is 1. The fraction of sp³-hybridized carbons (Fsp3) is 0.417. The van der Waals surface area contributed by atoms with Gasteiger partial charge in [0.1, 0.15) is 5.69 Å². The molecule has 0 aliphatic carbocycles. The smallest absolute Gasteiger partial charge is 0.203 e. The molecule has 1 aliphatic rings. The Morgan fingerprint density at radius 2 is 2.31 bits per heavy atom. The van der Waals surface area contributed by atoms with Crippen LogP contribution in [0.15, 0.2) is 11.4 Å². The average Bonchev–Trinajstić information content (AvgIpc) is 2.84. The van der Waals surface area contributed by atoms with Gasteiger partial charge in [-0.1, -0.05) is 0 Å². The maximum Gasteiger partial charge on any atom is 0.203 e. The van der Waals surface area contributed by atoms with Gasteiger partial charge in [0.25, 0.3) is 0 Å². The molecule has 1 N–H and O–H groups in total. The van der Waals surface area contributed by atoms with Gasteiger partial charge in [0.2, 0.25) is 5.95 Å². The highest BCUT2D eigenvalue weighted by Gasteiger charge is 2.19. The Hall–Kier alpha value is -1.29. The largest absolute Gasteiger partial charge is 0.356 e. The van der Waals surface area contributed by atoms with E-state index in [1.807, 2.05) is 0 Å². The van der Waals surface area contributed by atoms with Crippen molar-refractivity contribution in [3.63, 3.8) is 0 Å². The highest BCUT2D eigenvalue weighted by atomic mass is 32.1. The van der Waals surface area contributed by atoms with Crippen LogP contribution in [0.3, 0.4) is 0 Å². The number of fused-ring (bicyclic) bond motifs is 1. The number of anilines is 1. The van der Waals surface area contributed by atoms with E-state index in [1.165, 1.54) is 22.6 Å². The Labute approximate surface area is 99.1 Å². The van der Waals surface area contributed by atoms with E-state index in [1.54, 1.807) is 11.3 Å². The van der Waals surface area contributed by atoms with Crippen LogP contribution in [0.1, 0.15) is 17.7 Å². The van der Waals surface area contributed by atoms with Gasteiger partial charge in [-0.25, -0.2) is 4.98 Å². The zero-order valence-corrected chi connectivity index (χ0v) is 10.4. The van der Waals surface area contributed by atoms with Crippen molar-refractivity contribution in [2.45, 2.75) is 26.8 Å². The highest BCUT2D eigenvalue weighted by Crippen LogP contribution is 2.33. The van der Waals surface area contributed by atoms with E-state index in [-0.39, 0.29) is 0 Å². The molecule has 0 radical (unpaired) electrons. The first-order valence-corrected chi connectivity index (χ1v) is 6.51. The second-order valence-electron chi connectivity index (χ2n) is 4.23. The molecule has 3 rings (SSSR count). The van der Waals surface area contributed by atoms with E-state index in [4.69, 9.17) is 4.98 Å². The predicted molar refractivity (Wildman–Crippen MR) is 68.1 cm³/mol. The molecule has 0 fully saturated rings. The third kappa shape index (κ3) is 1.37. The molecule has 3 nitrogen and oxygen atoms in total. The van der Waals surface area contributed by atoms with E-state index in [0.717, 1.165) is 24.7 Å². The van der Waals surface area contributed by atoms with Crippen LogP contribution in [0.4, 0.5) is 5.95 Å². The number of thiophene rings is 1. The summed E-state index contributed by atoms with van der Waals surface area (Å²) in [6.07, 6.45) is 1.19. The third-order valence-electron chi connectivity index (χ3n) is 3.14. The monoisotopic (exact) mass is 233 g/mol. The number of nitrogens with one attached hydrogen (secondary N) is 1. The molecule has 16 heavy (non-hydrogen) atoms. The zero-order chi connectivity index (χ0) is 11.1. The summed E-state index contributed by atoms with van der Waals surface area (Å²) in [5.74, 6) is 1.03. The highest BCUT2D eigenvalue weighted by molar-refractivity contribution is 7.13. The molecular formula is C12H15N3S. The number of rotatable bonds is 1. The van der Waals surface area contributed by atoms with Crippen molar-refractivity contribution < 1.29 is 0 Å². The lowest BCUT2D eigenvalue weighted by Crippen LogP contribution is -2.17. The summed E-state index contributed by atoms with van der Waals surface area (Å²) in [6.45, 7) is 6.44. The van der Waals surface area contributed by atoms with Gasteiger partial charge in [-0.3, -0.25) is 0 Å². The molecule has 2 aromatic heterocycles. The van der Waals surface area contributed by atoms with Crippen molar-refractivity contribution in [1.29, 1.82) is 0 Å². The molecular weight excluding hydrogens is 218 g/mol. The molecule has 0 aromatic carbocycles. The topological polar surface area (TPSA) is 29.9 Å². The molecule has 0 atom stereocenters. The standard InChI is InChI=1S/C12H15N3S/c1-8-4-7-16-11(8)10-9(2)15-6-3-5-13-12(15)14-10/h4,7H,3,5-6H2,1-2H3,(H,13,14). The molecule has 0 unspecified atom stereocenters. The number of nitrogens with zero attached hydrogens (tertiary/aromatic N) is 2. The van der Waals surface area contributed by atoms with Crippen LogP contribution in [0.5, 0.6) is 0 Å². The molecule has 0 spiro atoms. The fourth-order valence-electron chi connectivity index (χ4n) is 2.21. The zero-order valence-electron chi connectivity index (χ0n) is 9.58. The van der Waals surface area contributed by atoms with Crippen molar-refractivity contribution in [3.8, 4) is 10.6 Å². The van der Waals surface area contributed by atoms with Gasteiger partial charge in [-0.05, 0) is 37.3 Å². The summed E-state index contributed by atoms with van der Waals surface area (Å²) in [7, 11) is 0. The number of aryl methyl sites for hydroxylation is 1. The lowest BCUT2D eigenvalue weighted by Gasteiger charge is -2.16. The van der Waals surface area contributed by atoms with Crippen LogP contribution in [-0.2, 0) is 6.54 Å².